The average Bonchev–Trinajstić information content (AvgIpc) is 3.16. The maximum Gasteiger partial charge on any atom is 0.336 e. The molecule has 0 aliphatic rings. The molecule has 0 aliphatic heterocycles. The summed E-state index contributed by atoms with van der Waals surface area (Å²) in [7, 11) is 0. The Morgan fingerprint density at radius 2 is 1.00 bits per heavy atom. The highest BCUT2D eigenvalue weighted by Gasteiger charge is 2.18. The van der Waals surface area contributed by atoms with Gasteiger partial charge in [-0.2, -0.15) is 0 Å². The summed E-state index contributed by atoms with van der Waals surface area (Å²) in [5.74, 6) is 2.35. The fourth-order valence-electron chi connectivity index (χ4n) is 6.27. The van der Waals surface area contributed by atoms with Crippen LogP contribution in [0.5, 0.6) is 11.5 Å². The first-order chi connectivity index (χ1) is 26.9. The molecule has 0 bridgehead atoms. The van der Waals surface area contributed by atoms with Gasteiger partial charge in [-0.3, -0.25) is 0 Å². The Bertz CT molecular complexity index is 2160. The standard InChI is InChI=1S/C33H39N3O2.C12H15N3O3/c1-6-7-8-9-10-11-18-38-26-14-17-29(30(37)21-26)33-35-31(27-15-12-22(2)19-24(27)4)34-32(36-33)28-16-13-23(3)20-25(28)5;1-4-7-13-10(16)14(8-5-2)12(18)15(9-6-3)11(13)17/h12-17,19-21,37H,6-11,18H2,1-5H3;4-6H,1-3,7-9H2. The second-order valence-corrected chi connectivity index (χ2v) is 13.8. The van der Waals surface area contributed by atoms with Crippen LogP contribution in [0, 0.1) is 27.7 Å². The molecule has 294 valence electrons. The number of allylic oxidation sites excluding steroid dienone is 3. The molecule has 0 saturated carbocycles. The van der Waals surface area contributed by atoms with Gasteiger partial charge in [0.2, 0.25) is 0 Å². The second-order valence-electron chi connectivity index (χ2n) is 13.8. The summed E-state index contributed by atoms with van der Waals surface area (Å²) < 4.78 is 8.75. The SMILES string of the molecule is C=CCn1c(=O)n(CC=C)c(=O)n(CC=C)c1=O.CCCCCCCCOc1ccc(-c2nc(-c3ccc(C)cc3C)nc(-c3ccc(C)cc3C)n2)c(O)c1. The van der Waals surface area contributed by atoms with Crippen LogP contribution in [-0.4, -0.2) is 40.4 Å². The average molecular weight is 759 g/mol. The number of aromatic nitrogens is 6. The molecular weight excluding hydrogens is 705 g/mol. The Kier molecular flexibility index (Phi) is 15.6. The van der Waals surface area contributed by atoms with Gasteiger partial charge in [0.1, 0.15) is 11.5 Å². The molecule has 1 N–H and O–H groups in total. The molecule has 0 aliphatic carbocycles. The number of unbranched alkanes of at least 4 members (excludes halogenated alkanes) is 5. The Balaban J connectivity index is 0.000000325. The first kappa shape index (κ1) is 42.6. The number of benzene rings is 3. The van der Waals surface area contributed by atoms with Crippen LogP contribution in [0.25, 0.3) is 34.2 Å². The molecule has 0 spiro atoms. The molecule has 0 amide bonds. The summed E-state index contributed by atoms with van der Waals surface area (Å²) in [6, 6.07) is 17.9. The summed E-state index contributed by atoms with van der Waals surface area (Å²) in [4.78, 5) is 50.3. The first-order valence-electron chi connectivity index (χ1n) is 19.1. The summed E-state index contributed by atoms with van der Waals surface area (Å²) in [6.45, 7) is 21.7. The summed E-state index contributed by atoms with van der Waals surface area (Å²) in [6.07, 6.45) is 11.5. The van der Waals surface area contributed by atoms with Crippen LogP contribution >= 0.6 is 0 Å². The molecule has 0 unspecified atom stereocenters. The molecule has 11 nitrogen and oxygen atoms in total. The van der Waals surface area contributed by atoms with Gasteiger partial charge < -0.3 is 9.84 Å². The van der Waals surface area contributed by atoms with Crippen molar-refractivity contribution in [1.29, 1.82) is 0 Å². The highest BCUT2D eigenvalue weighted by molar-refractivity contribution is 5.72. The largest absolute Gasteiger partial charge is 0.507 e. The second kappa shape index (κ2) is 20.5. The number of phenols is 1. The van der Waals surface area contributed by atoms with Crippen LogP contribution in [0.3, 0.4) is 0 Å². The first-order valence-corrected chi connectivity index (χ1v) is 19.1. The highest BCUT2D eigenvalue weighted by Crippen LogP contribution is 2.34. The van der Waals surface area contributed by atoms with Gasteiger partial charge in [-0.05, 0) is 57.4 Å². The van der Waals surface area contributed by atoms with Gasteiger partial charge in [-0.1, -0.05) is 105 Å². The van der Waals surface area contributed by atoms with E-state index in [4.69, 9.17) is 19.7 Å². The van der Waals surface area contributed by atoms with E-state index in [-0.39, 0.29) is 25.4 Å². The van der Waals surface area contributed by atoms with E-state index in [1.54, 1.807) is 6.07 Å². The molecule has 11 heteroatoms. The van der Waals surface area contributed by atoms with Gasteiger partial charge in [0.15, 0.2) is 17.5 Å². The van der Waals surface area contributed by atoms with E-state index in [9.17, 15) is 19.5 Å². The zero-order valence-electron chi connectivity index (χ0n) is 33.4. The fourth-order valence-corrected chi connectivity index (χ4v) is 6.27. The van der Waals surface area contributed by atoms with Crippen molar-refractivity contribution in [2.75, 3.05) is 6.61 Å². The van der Waals surface area contributed by atoms with Crippen molar-refractivity contribution in [3.05, 3.63) is 146 Å². The predicted molar refractivity (Wildman–Crippen MR) is 225 cm³/mol. The van der Waals surface area contributed by atoms with Crippen molar-refractivity contribution in [2.45, 2.75) is 92.8 Å². The number of hydrogen-bond acceptors (Lipinski definition) is 8. The number of ether oxygens (including phenoxy) is 1. The summed E-state index contributed by atoms with van der Waals surface area (Å²) >= 11 is 0. The molecule has 0 fully saturated rings. The quantitative estimate of drug-likeness (QED) is 0.0740. The Labute approximate surface area is 329 Å². The summed E-state index contributed by atoms with van der Waals surface area (Å²) in [5, 5.41) is 11.0. The lowest BCUT2D eigenvalue weighted by molar-refractivity contribution is 0.303. The van der Waals surface area contributed by atoms with E-state index in [1.165, 1.54) is 55.0 Å². The van der Waals surface area contributed by atoms with Gasteiger partial charge >= 0.3 is 17.1 Å². The Morgan fingerprint density at radius 1 is 0.589 bits per heavy atom. The molecule has 2 heterocycles. The minimum absolute atomic E-state index is 0.0478. The number of aromatic hydroxyl groups is 1. The van der Waals surface area contributed by atoms with Crippen LogP contribution in [0.15, 0.2) is 107 Å². The van der Waals surface area contributed by atoms with Crippen molar-refractivity contribution in [3.63, 3.8) is 0 Å². The number of hydrogen-bond donors (Lipinski definition) is 1. The molecule has 2 aromatic heterocycles. The lowest BCUT2D eigenvalue weighted by Gasteiger charge is -2.13. The van der Waals surface area contributed by atoms with E-state index in [1.807, 2.05) is 12.1 Å². The predicted octanol–water partition coefficient (Wildman–Crippen LogP) is 8.28. The topological polar surface area (TPSA) is 134 Å². The van der Waals surface area contributed by atoms with Crippen LogP contribution < -0.4 is 21.8 Å². The third-order valence-corrected chi connectivity index (χ3v) is 9.18. The Morgan fingerprint density at radius 3 is 1.41 bits per heavy atom. The monoisotopic (exact) mass is 758 g/mol. The minimum atomic E-state index is -0.662. The third kappa shape index (κ3) is 10.8. The van der Waals surface area contributed by atoms with Gasteiger partial charge in [0.25, 0.3) is 0 Å². The minimum Gasteiger partial charge on any atom is -0.507 e. The molecule has 0 saturated heterocycles. The number of phenolic OH excluding ortho intramolecular Hbond substituents is 1. The molecule has 56 heavy (non-hydrogen) atoms. The van der Waals surface area contributed by atoms with E-state index in [2.05, 4.69) is 90.8 Å². The van der Waals surface area contributed by atoms with Crippen molar-refractivity contribution in [1.82, 2.24) is 28.7 Å². The smallest absolute Gasteiger partial charge is 0.336 e. The highest BCUT2D eigenvalue weighted by atomic mass is 16.5. The van der Waals surface area contributed by atoms with Crippen LogP contribution in [0.4, 0.5) is 0 Å². The van der Waals surface area contributed by atoms with E-state index >= 15 is 0 Å². The maximum atomic E-state index is 11.9. The van der Waals surface area contributed by atoms with E-state index in [0.29, 0.717) is 35.4 Å². The van der Waals surface area contributed by atoms with Gasteiger partial charge in [0, 0.05) is 17.2 Å². The van der Waals surface area contributed by atoms with Crippen molar-refractivity contribution in [3.8, 4) is 45.7 Å². The lowest BCUT2D eigenvalue weighted by atomic mass is 10.0. The van der Waals surface area contributed by atoms with Crippen molar-refractivity contribution >= 4 is 0 Å². The van der Waals surface area contributed by atoms with E-state index < -0.39 is 17.1 Å². The molecule has 5 aromatic rings. The van der Waals surface area contributed by atoms with Crippen molar-refractivity contribution < 1.29 is 9.84 Å². The van der Waals surface area contributed by atoms with Crippen LogP contribution in [-0.2, 0) is 19.6 Å². The normalized spacial score (nSPS) is 10.7. The van der Waals surface area contributed by atoms with Gasteiger partial charge in [0.05, 0.1) is 31.8 Å². The number of aryl methyl sites for hydroxylation is 4. The van der Waals surface area contributed by atoms with E-state index in [0.717, 1.165) is 48.8 Å². The molecule has 3 aromatic carbocycles. The number of nitrogens with zero attached hydrogens (tertiary/aromatic N) is 6. The zero-order chi connectivity index (χ0) is 40.8. The Hall–Kier alpha value is -6.10. The van der Waals surface area contributed by atoms with Gasteiger partial charge in [-0.25, -0.2) is 43.0 Å². The van der Waals surface area contributed by atoms with Crippen LogP contribution in [0.1, 0.15) is 67.7 Å². The molecule has 0 radical (unpaired) electrons. The van der Waals surface area contributed by atoms with Crippen molar-refractivity contribution in [2.24, 2.45) is 0 Å². The number of rotatable bonds is 17. The van der Waals surface area contributed by atoms with Crippen LogP contribution in [0.2, 0.25) is 0 Å². The maximum absolute atomic E-state index is 11.9. The molecule has 0 atom stereocenters. The lowest BCUT2D eigenvalue weighted by Crippen LogP contribution is -2.54. The van der Waals surface area contributed by atoms with Gasteiger partial charge in [-0.15, -0.1) is 19.7 Å². The third-order valence-electron chi connectivity index (χ3n) is 9.18. The summed E-state index contributed by atoms with van der Waals surface area (Å²) in [5.41, 5.74) is 5.02. The zero-order valence-corrected chi connectivity index (χ0v) is 33.4. The molecule has 5 rings (SSSR count). The fraction of sp³-hybridized carbons (Fsp3) is 0.333. The molecular formula is C45H54N6O5.